The molecule has 1 aliphatic heterocycles. The van der Waals surface area contributed by atoms with Gasteiger partial charge in [-0.25, -0.2) is 4.39 Å². The summed E-state index contributed by atoms with van der Waals surface area (Å²) in [5.74, 6) is -0.265. The predicted molar refractivity (Wildman–Crippen MR) is 66.7 cm³/mol. The second-order valence-electron chi connectivity index (χ2n) is 4.77. The molecule has 0 bridgehead atoms. The van der Waals surface area contributed by atoms with E-state index in [0.717, 1.165) is 5.56 Å². The fourth-order valence-corrected chi connectivity index (χ4v) is 2.22. The lowest BCUT2D eigenvalue weighted by Gasteiger charge is -2.24. The minimum Gasteiger partial charge on any atom is -0.338 e. The van der Waals surface area contributed by atoms with Gasteiger partial charge in [0.05, 0.1) is 12.6 Å². The molecule has 98 valence electrons. The van der Waals surface area contributed by atoms with E-state index in [1.165, 1.54) is 4.90 Å². The van der Waals surface area contributed by atoms with Gasteiger partial charge in [0.1, 0.15) is 6.17 Å². The molecule has 1 saturated heterocycles. The lowest BCUT2D eigenvalue weighted by Crippen LogP contribution is -2.45. The number of nitrogens with two attached hydrogens (primary N) is 1. The summed E-state index contributed by atoms with van der Waals surface area (Å²) in [6.07, 6.45) is 2.87. The van der Waals surface area contributed by atoms with Crippen LogP contribution < -0.4 is 5.73 Å². The van der Waals surface area contributed by atoms with Crippen molar-refractivity contribution >= 4 is 5.91 Å². The van der Waals surface area contributed by atoms with Gasteiger partial charge in [-0.05, 0) is 24.1 Å². The number of amides is 1. The van der Waals surface area contributed by atoms with Crippen LogP contribution in [0.1, 0.15) is 24.8 Å². The van der Waals surface area contributed by atoms with Crippen molar-refractivity contribution < 1.29 is 9.18 Å². The van der Waals surface area contributed by atoms with E-state index in [1.54, 1.807) is 12.4 Å². The number of halogens is 1. The molecule has 4 nitrogen and oxygen atoms in total. The number of pyridine rings is 1. The second kappa shape index (κ2) is 5.44. The summed E-state index contributed by atoms with van der Waals surface area (Å²) in [6, 6.07) is 3.07. The summed E-state index contributed by atoms with van der Waals surface area (Å²) in [4.78, 5) is 17.6. The fraction of sp³-hybridized carbons (Fsp3) is 0.538. The molecule has 1 unspecified atom stereocenters. The van der Waals surface area contributed by atoms with E-state index in [1.807, 2.05) is 19.1 Å². The Kier molecular flexibility index (Phi) is 3.91. The molecule has 5 heteroatoms. The van der Waals surface area contributed by atoms with Gasteiger partial charge in [0.2, 0.25) is 5.91 Å². The van der Waals surface area contributed by atoms with Crippen molar-refractivity contribution in [3.63, 3.8) is 0 Å². The Morgan fingerprint density at radius 3 is 2.78 bits per heavy atom. The van der Waals surface area contributed by atoms with Crippen LogP contribution in [-0.4, -0.2) is 41.1 Å². The average Bonchev–Trinajstić information content (AvgIpc) is 2.84. The molecule has 2 N–H and O–H groups in total. The SMILES string of the molecule is C[C@H](c1ccncc1)C(N)C(=O)N1CC[C@H](F)C1. The first-order chi connectivity index (χ1) is 8.59. The number of alkyl halides is 1. The minimum atomic E-state index is -0.905. The van der Waals surface area contributed by atoms with Crippen LogP contribution in [0.3, 0.4) is 0 Å². The number of rotatable bonds is 3. The standard InChI is InChI=1S/C13H18FN3O/c1-9(10-2-5-16-6-3-10)12(15)13(18)17-7-4-11(14)8-17/h2-3,5-6,9,11-12H,4,7-8,15H2,1H3/t9-,11+,12?/m1/s1. The molecule has 0 aliphatic carbocycles. The molecule has 0 spiro atoms. The highest BCUT2D eigenvalue weighted by Crippen LogP contribution is 2.21. The molecule has 0 radical (unpaired) electrons. The van der Waals surface area contributed by atoms with E-state index in [0.29, 0.717) is 13.0 Å². The number of carbonyl (C=O) groups is 1. The summed E-state index contributed by atoms with van der Waals surface area (Å²) < 4.78 is 13.1. The molecular formula is C13H18FN3O. The van der Waals surface area contributed by atoms with E-state index < -0.39 is 12.2 Å². The van der Waals surface area contributed by atoms with Crippen molar-refractivity contribution in [3.8, 4) is 0 Å². The van der Waals surface area contributed by atoms with Gasteiger partial charge in [0.15, 0.2) is 0 Å². The predicted octanol–water partition coefficient (Wildman–Crippen LogP) is 1.08. The molecule has 2 rings (SSSR count). The maximum Gasteiger partial charge on any atom is 0.240 e. The Hall–Kier alpha value is -1.49. The highest BCUT2D eigenvalue weighted by Gasteiger charge is 2.31. The van der Waals surface area contributed by atoms with E-state index in [2.05, 4.69) is 4.98 Å². The molecule has 3 atom stereocenters. The van der Waals surface area contributed by atoms with E-state index in [-0.39, 0.29) is 18.4 Å². The molecule has 1 aromatic heterocycles. The Morgan fingerprint density at radius 2 is 2.22 bits per heavy atom. The van der Waals surface area contributed by atoms with Gasteiger partial charge >= 0.3 is 0 Å². The Bertz CT molecular complexity index is 412. The molecule has 1 aliphatic rings. The lowest BCUT2D eigenvalue weighted by atomic mass is 9.94. The van der Waals surface area contributed by atoms with Crippen molar-refractivity contribution in [1.29, 1.82) is 0 Å². The topological polar surface area (TPSA) is 59.2 Å². The van der Waals surface area contributed by atoms with Crippen molar-refractivity contribution in [1.82, 2.24) is 9.88 Å². The number of aromatic nitrogens is 1. The Balaban J connectivity index is 2.02. The normalized spacial score (nSPS) is 22.8. The zero-order valence-electron chi connectivity index (χ0n) is 10.4. The summed E-state index contributed by atoms with van der Waals surface area (Å²) in [5, 5.41) is 0. The van der Waals surface area contributed by atoms with Crippen LogP contribution in [0, 0.1) is 0 Å². The zero-order valence-corrected chi connectivity index (χ0v) is 10.4. The third kappa shape index (κ3) is 2.67. The first kappa shape index (κ1) is 13.0. The summed E-state index contributed by atoms with van der Waals surface area (Å²) in [5.41, 5.74) is 6.96. The van der Waals surface area contributed by atoms with Crippen molar-refractivity contribution in [3.05, 3.63) is 30.1 Å². The number of likely N-dealkylation sites (tertiary alicyclic amines) is 1. The van der Waals surface area contributed by atoms with E-state index >= 15 is 0 Å². The first-order valence-electron chi connectivity index (χ1n) is 6.18. The highest BCUT2D eigenvalue weighted by atomic mass is 19.1. The van der Waals surface area contributed by atoms with Gasteiger partial charge in [0.25, 0.3) is 0 Å². The summed E-state index contributed by atoms with van der Waals surface area (Å²) in [7, 11) is 0. The van der Waals surface area contributed by atoms with Crippen LogP contribution in [0.2, 0.25) is 0 Å². The minimum absolute atomic E-state index is 0.0980. The molecule has 0 aromatic carbocycles. The number of nitrogens with zero attached hydrogens (tertiary/aromatic N) is 2. The first-order valence-corrected chi connectivity index (χ1v) is 6.18. The van der Waals surface area contributed by atoms with Crippen LogP contribution in [0.25, 0.3) is 0 Å². The zero-order chi connectivity index (χ0) is 13.1. The Morgan fingerprint density at radius 1 is 1.56 bits per heavy atom. The van der Waals surface area contributed by atoms with Gasteiger partial charge in [-0.1, -0.05) is 6.92 Å². The molecule has 2 heterocycles. The number of carbonyl (C=O) groups excluding carboxylic acids is 1. The molecule has 18 heavy (non-hydrogen) atoms. The summed E-state index contributed by atoms with van der Waals surface area (Å²) >= 11 is 0. The quantitative estimate of drug-likeness (QED) is 0.874. The van der Waals surface area contributed by atoms with Crippen LogP contribution in [0.5, 0.6) is 0 Å². The highest BCUT2D eigenvalue weighted by molar-refractivity contribution is 5.83. The fourth-order valence-electron chi connectivity index (χ4n) is 2.22. The van der Waals surface area contributed by atoms with Crippen molar-refractivity contribution in [2.45, 2.75) is 31.5 Å². The molecule has 0 saturated carbocycles. The van der Waals surface area contributed by atoms with Crippen molar-refractivity contribution in [2.24, 2.45) is 5.73 Å². The van der Waals surface area contributed by atoms with Crippen LogP contribution >= 0.6 is 0 Å². The third-order valence-corrected chi connectivity index (χ3v) is 3.50. The maximum atomic E-state index is 13.1. The number of hydrogen-bond acceptors (Lipinski definition) is 3. The molecule has 1 aromatic rings. The van der Waals surface area contributed by atoms with Gasteiger partial charge in [-0.3, -0.25) is 9.78 Å². The molecule has 1 fully saturated rings. The van der Waals surface area contributed by atoms with Crippen molar-refractivity contribution in [2.75, 3.05) is 13.1 Å². The van der Waals surface area contributed by atoms with Gasteiger partial charge < -0.3 is 10.6 Å². The largest absolute Gasteiger partial charge is 0.338 e. The Labute approximate surface area is 106 Å². The summed E-state index contributed by atoms with van der Waals surface area (Å²) in [6.45, 7) is 2.55. The van der Waals surface area contributed by atoms with Crippen LogP contribution in [0.15, 0.2) is 24.5 Å². The van der Waals surface area contributed by atoms with Crippen LogP contribution in [-0.2, 0) is 4.79 Å². The number of hydrogen-bond donors (Lipinski definition) is 1. The smallest absolute Gasteiger partial charge is 0.240 e. The molecular weight excluding hydrogens is 233 g/mol. The van der Waals surface area contributed by atoms with Gasteiger partial charge in [0, 0.05) is 24.9 Å². The third-order valence-electron chi connectivity index (χ3n) is 3.50. The van der Waals surface area contributed by atoms with E-state index in [9.17, 15) is 9.18 Å². The molecule has 1 amide bonds. The van der Waals surface area contributed by atoms with E-state index in [4.69, 9.17) is 5.73 Å². The van der Waals surface area contributed by atoms with Crippen LogP contribution in [0.4, 0.5) is 4.39 Å². The van der Waals surface area contributed by atoms with Gasteiger partial charge in [-0.15, -0.1) is 0 Å². The monoisotopic (exact) mass is 251 g/mol. The second-order valence-corrected chi connectivity index (χ2v) is 4.77. The average molecular weight is 251 g/mol. The lowest BCUT2D eigenvalue weighted by molar-refractivity contribution is -0.132. The maximum absolute atomic E-state index is 13.1. The van der Waals surface area contributed by atoms with Gasteiger partial charge in [-0.2, -0.15) is 0 Å².